The van der Waals surface area contributed by atoms with Gasteiger partial charge < -0.3 is 5.73 Å². The number of carbonyl (C=O) groups excluding carboxylic acids is 1. The van der Waals surface area contributed by atoms with Gasteiger partial charge in [-0.2, -0.15) is 0 Å². The van der Waals surface area contributed by atoms with Crippen LogP contribution in [0.4, 0.5) is 5.69 Å². The third kappa shape index (κ3) is 4.59. The molecule has 0 saturated heterocycles. The number of nitrogen functional groups attached to an aromatic ring is 1. The average Bonchev–Trinajstić information content (AvgIpc) is 2.40. The molecule has 0 fully saturated rings. The van der Waals surface area contributed by atoms with Gasteiger partial charge in [-0.1, -0.05) is 64.6 Å². The summed E-state index contributed by atoms with van der Waals surface area (Å²) >= 11 is 22.5. The summed E-state index contributed by atoms with van der Waals surface area (Å²) in [5, 5.41) is 1.65. The van der Waals surface area contributed by atoms with Gasteiger partial charge in [0.05, 0.1) is 25.8 Å². The maximum Gasteiger partial charge on any atom is 0.151 e. The molecule has 2 aromatic carbocycles. The van der Waals surface area contributed by atoms with Crippen LogP contribution in [-0.4, -0.2) is 6.29 Å². The Kier molecular flexibility index (Phi) is 6.46. The molecule has 0 amide bonds. The Morgan fingerprint density at radius 3 is 1.79 bits per heavy atom. The van der Waals surface area contributed by atoms with Gasteiger partial charge in [0.1, 0.15) is 0 Å². The number of halogens is 4. The van der Waals surface area contributed by atoms with Crippen LogP contribution in [0.25, 0.3) is 0 Å². The number of aldehydes is 1. The summed E-state index contributed by atoms with van der Waals surface area (Å²) in [6.45, 7) is 0. The molecular weight excluding hydrogens is 328 g/mol. The van der Waals surface area contributed by atoms with E-state index in [-0.39, 0.29) is 0 Å². The molecule has 0 aromatic heterocycles. The Bertz CT molecular complexity index is 567. The van der Waals surface area contributed by atoms with Crippen LogP contribution in [-0.2, 0) is 0 Å². The highest BCUT2D eigenvalue weighted by Crippen LogP contribution is 2.26. The fraction of sp³-hybridized carbons (Fsp3) is 0. The summed E-state index contributed by atoms with van der Waals surface area (Å²) in [5.41, 5.74) is 6.35. The van der Waals surface area contributed by atoms with Crippen LogP contribution in [0.15, 0.2) is 36.4 Å². The maximum absolute atomic E-state index is 10.2. The molecular formula is C13H9Cl4NO. The van der Waals surface area contributed by atoms with Gasteiger partial charge in [0.2, 0.25) is 0 Å². The minimum Gasteiger partial charge on any atom is -0.397 e. The number of carbonyl (C=O) groups is 1. The molecule has 0 unspecified atom stereocenters. The normalized spacial score (nSPS) is 9.47. The first-order valence-electron chi connectivity index (χ1n) is 5.06. The summed E-state index contributed by atoms with van der Waals surface area (Å²) in [7, 11) is 0. The van der Waals surface area contributed by atoms with Crippen molar-refractivity contribution in [3.63, 3.8) is 0 Å². The predicted octanol–water partition coefficient (Wildman–Crippen LogP) is 5.38. The Morgan fingerprint density at radius 1 is 0.842 bits per heavy atom. The molecule has 0 aliphatic carbocycles. The molecule has 19 heavy (non-hydrogen) atoms. The Hall–Kier alpha value is -0.930. The molecule has 0 saturated carbocycles. The molecule has 2 aromatic rings. The van der Waals surface area contributed by atoms with Crippen molar-refractivity contribution >= 4 is 58.4 Å². The SMILES string of the molecule is Nc1cccc(Cl)c1Cl.O=Cc1cccc(Cl)c1Cl. The van der Waals surface area contributed by atoms with Crippen molar-refractivity contribution in [2.24, 2.45) is 0 Å². The summed E-state index contributed by atoms with van der Waals surface area (Å²) in [5.74, 6) is 0. The Morgan fingerprint density at radius 2 is 1.37 bits per heavy atom. The van der Waals surface area contributed by atoms with Crippen LogP contribution in [0, 0.1) is 0 Å². The van der Waals surface area contributed by atoms with Crippen LogP contribution < -0.4 is 5.73 Å². The lowest BCUT2D eigenvalue weighted by Gasteiger charge is -1.96. The molecule has 2 nitrogen and oxygen atoms in total. The van der Waals surface area contributed by atoms with E-state index in [1.54, 1.807) is 36.4 Å². The molecule has 2 rings (SSSR count). The van der Waals surface area contributed by atoms with Crippen molar-refractivity contribution in [2.75, 3.05) is 5.73 Å². The van der Waals surface area contributed by atoms with Gasteiger partial charge in [0.25, 0.3) is 0 Å². The van der Waals surface area contributed by atoms with Gasteiger partial charge in [0.15, 0.2) is 6.29 Å². The summed E-state index contributed by atoms with van der Waals surface area (Å²) in [6.07, 6.45) is 0.675. The third-order valence-electron chi connectivity index (χ3n) is 2.09. The first-order chi connectivity index (χ1) is 8.97. The highest BCUT2D eigenvalue weighted by molar-refractivity contribution is 6.44. The highest BCUT2D eigenvalue weighted by Gasteiger charge is 2.00. The van der Waals surface area contributed by atoms with Gasteiger partial charge >= 0.3 is 0 Å². The predicted molar refractivity (Wildman–Crippen MR) is 82.7 cm³/mol. The maximum atomic E-state index is 10.2. The van der Waals surface area contributed by atoms with Gasteiger partial charge in [-0.05, 0) is 18.2 Å². The van der Waals surface area contributed by atoms with Crippen LogP contribution in [0.5, 0.6) is 0 Å². The monoisotopic (exact) mass is 335 g/mol. The zero-order valence-electron chi connectivity index (χ0n) is 9.54. The Balaban J connectivity index is 0.000000191. The van der Waals surface area contributed by atoms with E-state index in [4.69, 9.17) is 52.1 Å². The number of nitrogens with two attached hydrogens (primary N) is 1. The molecule has 0 aliphatic heterocycles. The topological polar surface area (TPSA) is 43.1 Å². The van der Waals surface area contributed by atoms with E-state index in [1.165, 1.54) is 0 Å². The minimum absolute atomic E-state index is 0.319. The Labute approximate surface area is 131 Å². The van der Waals surface area contributed by atoms with Crippen molar-refractivity contribution in [3.8, 4) is 0 Å². The first-order valence-corrected chi connectivity index (χ1v) is 6.57. The van der Waals surface area contributed by atoms with Crippen LogP contribution in [0.2, 0.25) is 20.1 Å². The first kappa shape index (κ1) is 16.1. The molecule has 0 spiro atoms. The van der Waals surface area contributed by atoms with E-state index in [9.17, 15) is 4.79 Å². The summed E-state index contributed by atoms with van der Waals surface area (Å²) in [4.78, 5) is 10.2. The minimum atomic E-state index is 0.319. The fourth-order valence-electron chi connectivity index (χ4n) is 1.13. The number of rotatable bonds is 1. The molecule has 0 radical (unpaired) electrons. The second-order valence-electron chi connectivity index (χ2n) is 3.40. The van der Waals surface area contributed by atoms with Crippen molar-refractivity contribution in [1.82, 2.24) is 0 Å². The lowest BCUT2D eigenvalue weighted by molar-refractivity contribution is 0.112. The largest absolute Gasteiger partial charge is 0.397 e. The summed E-state index contributed by atoms with van der Waals surface area (Å²) < 4.78 is 0. The van der Waals surface area contributed by atoms with Crippen LogP contribution >= 0.6 is 46.4 Å². The van der Waals surface area contributed by atoms with E-state index in [0.717, 1.165) is 0 Å². The van der Waals surface area contributed by atoms with Gasteiger partial charge in [-0.25, -0.2) is 0 Å². The molecule has 0 bridgehead atoms. The number of hydrogen-bond donors (Lipinski definition) is 1. The standard InChI is InChI=1S/C7H4Cl2O.C6H5Cl2N/c8-6-3-1-2-5(4-10)7(6)9;7-4-2-1-3-5(9)6(4)8/h1-4H;1-3H,9H2. The van der Waals surface area contributed by atoms with E-state index in [1.807, 2.05) is 0 Å². The summed E-state index contributed by atoms with van der Waals surface area (Å²) in [6, 6.07) is 10.1. The number of anilines is 1. The van der Waals surface area contributed by atoms with Gasteiger partial charge in [0, 0.05) is 5.56 Å². The molecule has 100 valence electrons. The quantitative estimate of drug-likeness (QED) is 0.561. The van der Waals surface area contributed by atoms with E-state index in [0.29, 0.717) is 37.6 Å². The van der Waals surface area contributed by atoms with Gasteiger partial charge in [-0.15, -0.1) is 0 Å². The number of benzene rings is 2. The third-order valence-corrected chi connectivity index (χ3v) is 3.76. The van der Waals surface area contributed by atoms with Crippen molar-refractivity contribution in [3.05, 3.63) is 62.1 Å². The van der Waals surface area contributed by atoms with Crippen LogP contribution in [0.3, 0.4) is 0 Å². The van der Waals surface area contributed by atoms with Crippen molar-refractivity contribution in [1.29, 1.82) is 0 Å². The second-order valence-corrected chi connectivity index (χ2v) is 4.97. The molecule has 0 heterocycles. The van der Waals surface area contributed by atoms with E-state index in [2.05, 4.69) is 0 Å². The average molecular weight is 337 g/mol. The van der Waals surface area contributed by atoms with Gasteiger partial charge in [-0.3, -0.25) is 4.79 Å². The van der Waals surface area contributed by atoms with Crippen molar-refractivity contribution in [2.45, 2.75) is 0 Å². The molecule has 6 heteroatoms. The van der Waals surface area contributed by atoms with E-state index >= 15 is 0 Å². The van der Waals surface area contributed by atoms with Crippen LogP contribution in [0.1, 0.15) is 10.4 Å². The zero-order chi connectivity index (χ0) is 14.4. The smallest absolute Gasteiger partial charge is 0.151 e. The molecule has 2 N–H and O–H groups in total. The van der Waals surface area contributed by atoms with Crippen molar-refractivity contribution < 1.29 is 4.79 Å². The fourth-order valence-corrected chi connectivity index (χ4v) is 1.79. The highest BCUT2D eigenvalue weighted by atomic mass is 35.5. The molecule has 0 aliphatic rings. The molecule has 0 atom stereocenters. The second kappa shape index (κ2) is 7.61. The lowest BCUT2D eigenvalue weighted by atomic mass is 10.2. The van der Waals surface area contributed by atoms with E-state index < -0.39 is 0 Å². The number of hydrogen-bond acceptors (Lipinski definition) is 2. The zero-order valence-corrected chi connectivity index (χ0v) is 12.6. The lowest BCUT2D eigenvalue weighted by Crippen LogP contribution is -1.84.